The Hall–Kier alpha value is -1.92. The fraction of sp³-hybridized carbons (Fsp3) is 0.400. The average Bonchev–Trinajstić information content (AvgIpc) is 2.96. The molecule has 7 heteroatoms. The van der Waals surface area contributed by atoms with Crippen LogP contribution in [0, 0.1) is 0 Å². The molecule has 2 rings (SSSR count). The third-order valence-electron chi connectivity index (χ3n) is 2.75. The van der Waals surface area contributed by atoms with Gasteiger partial charge in [0.15, 0.2) is 0 Å². The molecule has 0 unspecified atom stereocenters. The topological polar surface area (TPSA) is 77.2 Å². The second kappa shape index (κ2) is 7.91. The molecule has 1 amide bonds. The summed E-state index contributed by atoms with van der Waals surface area (Å²) in [5, 5.41) is 10.9. The summed E-state index contributed by atoms with van der Waals surface area (Å²) < 4.78 is 10.7. The largest absolute Gasteiger partial charge is 0.412 e. The molecular formula is C15H18ClN3O3. The number of amides is 1. The molecule has 1 aromatic heterocycles. The van der Waals surface area contributed by atoms with Crippen molar-refractivity contribution < 1.29 is 13.9 Å². The summed E-state index contributed by atoms with van der Waals surface area (Å²) in [6, 6.07) is 6.99. The molecule has 0 radical (unpaired) electrons. The second-order valence-electron chi connectivity index (χ2n) is 4.95. The van der Waals surface area contributed by atoms with Crippen LogP contribution in [-0.2, 0) is 4.74 Å². The molecule has 6 nitrogen and oxygen atoms in total. The Balaban J connectivity index is 1.87. The van der Waals surface area contributed by atoms with Crippen molar-refractivity contribution in [1.82, 2.24) is 15.5 Å². The molecule has 0 saturated heterocycles. The molecule has 0 aliphatic rings. The van der Waals surface area contributed by atoms with Crippen molar-refractivity contribution in [3.8, 4) is 11.5 Å². The fourth-order valence-corrected chi connectivity index (χ4v) is 1.91. The van der Waals surface area contributed by atoms with E-state index in [0.29, 0.717) is 23.7 Å². The molecule has 0 fully saturated rings. The number of nitrogens with zero attached hydrogens (tertiary/aromatic N) is 2. The summed E-state index contributed by atoms with van der Waals surface area (Å²) in [6.45, 7) is 5.01. The number of carbonyl (C=O) groups is 1. The van der Waals surface area contributed by atoms with E-state index in [4.69, 9.17) is 20.8 Å². The number of ether oxygens (including phenoxy) is 1. The number of carbonyl (C=O) groups excluding carboxylic acids is 1. The third kappa shape index (κ3) is 4.82. The molecule has 0 atom stereocenters. The molecule has 1 N–H and O–H groups in total. The van der Waals surface area contributed by atoms with Crippen LogP contribution in [-0.4, -0.2) is 35.4 Å². The Labute approximate surface area is 133 Å². The molecule has 1 aromatic carbocycles. The predicted molar refractivity (Wildman–Crippen MR) is 82.8 cm³/mol. The molecule has 2 aromatic rings. The Kier molecular flexibility index (Phi) is 5.91. The van der Waals surface area contributed by atoms with E-state index in [1.54, 1.807) is 24.3 Å². The molecule has 22 heavy (non-hydrogen) atoms. The Morgan fingerprint density at radius 3 is 2.95 bits per heavy atom. The Morgan fingerprint density at radius 1 is 1.41 bits per heavy atom. The van der Waals surface area contributed by atoms with Gasteiger partial charge in [-0.2, -0.15) is 0 Å². The molecule has 0 aliphatic carbocycles. The fourth-order valence-electron chi connectivity index (χ4n) is 1.72. The van der Waals surface area contributed by atoms with Crippen LogP contribution >= 0.6 is 11.6 Å². The van der Waals surface area contributed by atoms with Gasteiger partial charge in [0.1, 0.15) is 0 Å². The van der Waals surface area contributed by atoms with E-state index >= 15 is 0 Å². The second-order valence-corrected chi connectivity index (χ2v) is 5.39. The highest BCUT2D eigenvalue weighted by molar-refractivity contribution is 6.30. The number of hydrogen-bond donors (Lipinski definition) is 1. The number of halogens is 1. The van der Waals surface area contributed by atoms with Gasteiger partial charge in [-0.05, 0) is 38.5 Å². The minimum atomic E-state index is -0.398. The van der Waals surface area contributed by atoms with Crippen LogP contribution < -0.4 is 5.32 Å². The van der Waals surface area contributed by atoms with Gasteiger partial charge in [0.25, 0.3) is 0 Å². The van der Waals surface area contributed by atoms with Crippen molar-refractivity contribution in [3.63, 3.8) is 0 Å². The lowest BCUT2D eigenvalue weighted by atomic mass is 10.2. The van der Waals surface area contributed by atoms with E-state index in [0.717, 1.165) is 6.42 Å². The molecule has 1 heterocycles. The van der Waals surface area contributed by atoms with Crippen molar-refractivity contribution in [2.45, 2.75) is 26.4 Å². The number of nitrogens with one attached hydrogen (secondary N) is 1. The SMILES string of the molecule is CC(C)OCCCNC(=O)c1nnc(-c2cccc(Cl)c2)o1. The predicted octanol–water partition coefficient (Wildman–Crippen LogP) is 2.93. The monoisotopic (exact) mass is 323 g/mol. The van der Waals surface area contributed by atoms with E-state index < -0.39 is 5.91 Å². The van der Waals surface area contributed by atoms with Crippen molar-refractivity contribution in [1.29, 1.82) is 0 Å². The first-order valence-corrected chi connectivity index (χ1v) is 7.43. The van der Waals surface area contributed by atoms with Crippen LogP contribution in [0.25, 0.3) is 11.5 Å². The van der Waals surface area contributed by atoms with E-state index in [9.17, 15) is 4.79 Å². The van der Waals surface area contributed by atoms with Crippen LogP contribution in [0.4, 0.5) is 0 Å². The smallest absolute Gasteiger partial charge is 0.308 e. The van der Waals surface area contributed by atoms with Gasteiger partial charge in [-0.3, -0.25) is 4.79 Å². The van der Waals surface area contributed by atoms with Gasteiger partial charge in [0.2, 0.25) is 5.89 Å². The molecule has 0 saturated carbocycles. The van der Waals surface area contributed by atoms with Gasteiger partial charge in [0.05, 0.1) is 6.10 Å². The summed E-state index contributed by atoms with van der Waals surface area (Å²) in [6.07, 6.45) is 0.908. The minimum absolute atomic E-state index is 0.0697. The average molecular weight is 324 g/mol. The van der Waals surface area contributed by atoms with Crippen LogP contribution in [0.2, 0.25) is 5.02 Å². The van der Waals surface area contributed by atoms with Crippen LogP contribution in [0.5, 0.6) is 0 Å². The maximum absolute atomic E-state index is 11.9. The van der Waals surface area contributed by atoms with E-state index in [2.05, 4.69) is 15.5 Å². The Bertz CT molecular complexity index is 628. The summed E-state index contributed by atoms with van der Waals surface area (Å²) in [5.74, 6) is -0.208. The summed E-state index contributed by atoms with van der Waals surface area (Å²) >= 11 is 5.90. The minimum Gasteiger partial charge on any atom is -0.412 e. The van der Waals surface area contributed by atoms with Crippen LogP contribution in [0.3, 0.4) is 0 Å². The molecule has 0 spiro atoms. The van der Waals surface area contributed by atoms with Crippen LogP contribution in [0.15, 0.2) is 28.7 Å². The van der Waals surface area contributed by atoms with E-state index in [-0.39, 0.29) is 17.9 Å². The lowest BCUT2D eigenvalue weighted by Gasteiger charge is -2.07. The van der Waals surface area contributed by atoms with Crippen LogP contribution in [0.1, 0.15) is 31.0 Å². The van der Waals surface area contributed by atoms with E-state index in [1.165, 1.54) is 0 Å². The first kappa shape index (κ1) is 16.5. The van der Waals surface area contributed by atoms with Gasteiger partial charge in [-0.15, -0.1) is 10.2 Å². The van der Waals surface area contributed by atoms with Gasteiger partial charge in [0, 0.05) is 23.7 Å². The maximum atomic E-state index is 11.9. The highest BCUT2D eigenvalue weighted by Crippen LogP contribution is 2.21. The maximum Gasteiger partial charge on any atom is 0.308 e. The van der Waals surface area contributed by atoms with Crippen molar-refractivity contribution in [3.05, 3.63) is 35.2 Å². The van der Waals surface area contributed by atoms with Gasteiger partial charge >= 0.3 is 11.8 Å². The summed E-state index contributed by atoms with van der Waals surface area (Å²) in [5.41, 5.74) is 0.671. The lowest BCUT2D eigenvalue weighted by Crippen LogP contribution is -2.25. The van der Waals surface area contributed by atoms with E-state index in [1.807, 2.05) is 13.8 Å². The first-order chi connectivity index (χ1) is 10.6. The van der Waals surface area contributed by atoms with Gasteiger partial charge in [-0.1, -0.05) is 17.7 Å². The zero-order chi connectivity index (χ0) is 15.9. The normalized spacial score (nSPS) is 10.9. The standard InChI is InChI=1S/C15H18ClN3O3/c1-10(2)21-8-4-7-17-13(20)15-19-18-14(22-15)11-5-3-6-12(16)9-11/h3,5-6,9-10H,4,7-8H2,1-2H3,(H,17,20). The molecule has 118 valence electrons. The van der Waals surface area contributed by atoms with Crippen molar-refractivity contribution in [2.24, 2.45) is 0 Å². The third-order valence-corrected chi connectivity index (χ3v) is 2.98. The van der Waals surface area contributed by atoms with Crippen molar-refractivity contribution in [2.75, 3.05) is 13.2 Å². The molecule has 0 bridgehead atoms. The number of benzene rings is 1. The highest BCUT2D eigenvalue weighted by Gasteiger charge is 2.15. The number of rotatable bonds is 7. The Morgan fingerprint density at radius 2 is 2.23 bits per heavy atom. The van der Waals surface area contributed by atoms with Gasteiger partial charge < -0.3 is 14.5 Å². The lowest BCUT2D eigenvalue weighted by molar-refractivity contribution is 0.0752. The summed E-state index contributed by atoms with van der Waals surface area (Å²) in [4.78, 5) is 11.9. The van der Waals surface area contributed by atoms with Crippen molar-refractivity contribution >= 4 is 17.5 Å². The zero-order valence-corrected chi connectivity index (χ0v) is 13.3. The first-order valence-electron chi connectivity index (χ1n) is 7.05. The highest BCUT2D eigenvalue weighted by atomic mass is 35.5. The van der Waals surface area contributed by atoms with Gasteiger partial charge in [-0.25, -0.2) is 0 Å². The molecule has 0 aliphatic heterocycles. The number of hydrogen-bond acceptors (Lipinski definition) is 5. The zero-order valence-electron chi connectivity index (χ0n) is 12.5. The molecular weight excluding hydrogens is 306 g/mol. The quantitative estimate of drug-likeness (QED) is 0.793. The summed E-state index contributed by atoms with van der Waals surface area (Å²) in [7, 11) is 0. The number of aromatic nitrogens is 2.